The van der Waals surface area contributed by atoms with Crippen LogP contribution in [0.1, 0.15) is 76.8 Å². The van der Waals surface area contributed by atoms with E-state index in [1.54, 1.807) is 0 Å². The van der Waals surface area contributed by atoms with Gasteiger partial charge in [-0.05, 0) is 74.3 Å². The fourth-order valence-corrected chi connectivity index (χ4v) is 3.78. The Morgan fingerprint density at radius 3 is 1.96 bits per heavy atom. The lowest BCUT2D eigenvalue weighted by atomic mass is 9.80. The molecule has 2 rings (SSSR count). The molecule has 0 aliphatic heterocycles. The zero-order chi connectivity index (χ0) is 20.2. The maximum Gasteiger partial charge on any atom is 0.122 e. The van der Waals surface area contributed by atoms with Gasteiger partial charge in [-0.1, -0.05) is 58.0 Å². The molecule has 0 heterocycles. The second-order valence-corrected chi connectivity index (χ2v) is 9.16. The lowest BCUT2D eigenvalue weighted by molar-refractivity contribution is 0.222. The van der Waals surface area contributed by atoms with Crippen LogP contribution in [-0.4, -0.2) is 0 Å². The molecule has 0 bridgehead atoms. The first-order valence-corrected chi connectivity index (χ1v) is 10.2. The van der Waals surface area contributed by atoms with Crippen LogP contribution in [-0.2, 0) is 18.4 Å². The molecule has 0 radical (unpaired) electrons. The molecular formula is C25H37NO. The molecule has 27 heavy (non-hydrogen) atoms. The van der Waals surface area contributed by atoms with Crippen LogP contribution >= 0.6 is 0 Å². The Kier molecular flexibility index (Phi) is 7.11. The van der Waals surface area contributed by atoms with Gasteiger partial charge in [0.1, 0.15) is 11.9 Å². The fourth-order valence-electron chi connectivity index (χ4n) is 3.78. The molecule has 2 nitrogen and oxygen atoms in total. The molecule has 148 valence electrons. The molecule has 0 aromatic heterocycles. The van der Waals surface area contributed by atoms with Crippen LogP contribution in [0.3, 0.4) is 0 Å². The molecule has 0 saturated heterocycles. The quantitative estimate of drug-likeness (QED) is 0.584. The molecule has 2 heteroatoms. The third kappa shape index (κ3) is 5.84. The van der Waals surface area contributed by atoms with E-state index in [0.29, 0.717) is 11.8 Å². The normalized spacial score (nSPS) is 13.3. The molecule has 1 atom stereocenters. The van der Waals surface area contributed by atoms with E-state index in [-0.39, 0.29) is 6.10 Å². The van der Waals surface area contributed by atoms with Gasteiger partial charge in [0.15, 0.2) is 0 Å². The Morgan fingerprint density at radius 1 is 0.852 bits per heavy atom. The zero-order valence-corrected chi connectivity index (χ0v) is 18.2. The van der Waals surface area contributed by atoms with Gasteiger partial charge in [-0.3, -0.25) is 0 Å². The molecule has 0 spiro atoms. The van der Waals surface area contributed by atoms with Crippen LogP contribution in [0.15, 0.2) is 42.5 Å². The van der Waals surface area contributed by atoms with E-state index in [9.17, 15) is 0 Å². The first-order chi connectivity index (χ1) is 12.6. The van der Waals surface area contributed by atoms with Gasteiger partial charge in [0, 0.05) is 11.1 Å². The SMILES string of the molecule is CC(C)Cc1ccc(C(C)(C)N)c(C(C)Oc2ccccc2)c1CC(C)C. The van der Waals surface area contributed by atoms with Gasteiger partial charge in [-0.2, -0.15) is 0 Å². The monoisotopic (exact) mass is 367 g/mol. The minimum absolute atomic E-state index is 0.0499. The summed E-state index contributed by atoms with van der Waals surface area (Å²) in [5, 5.41) is 0. The number of rotatable bonds is 8. The highest BCUT2D eigenvalue weighted by Crippen LogP contribution is 2.36. The van der Waals surface area contributed by atoms with Crippen LogP contribution in [0, 0.1) is 11.8 Å². The summed E-state index contributed by atoms with van der Waals surface area (Å²) in [5.74, 6) is 2.09. The third-order valence-corrected chi connectivity index (χ3v) is 4.85. The van der Waals surface area contributed by atoms with Gasteiger partial charge in [0.05, 0.1) is 0 Å². The van der Waals surface area contributed by atoms with Gasteiger partial charge in [0.25, 0.3) is 0 Å². The molecule has 0 amide bonds. The summed E-state index contributed by atoms with van der Waals surface area (Å²) in [6.07, 6.45) is 2.08. The Morgan fingerprint density at radius 2 is 1.44 bits per heavy atom. The van der Waals surface area contributed by atoms with Crippen LogP contribution in [0.4, 0.5) is 0 Å². The molecule has 0 aliphatic carbocycles. The van der Waals surface area contributed by atoms with E-state index in [1.165, 1.54) is 22.3 Å². The van der Waals surface area contributed by atoms with Crippen LogP contribution < -0.4 is 10.5 Å². The zero-order valence-electron chi connectivity index (χ0n) is 18.2. The van der Waals surface area contributed by atoms with E-state index in [2.05, 4.69) is 60.6 Å². The lowest BCUT2D eigenvalue weighted by Gasteiger charge is -2.31. The second-order valence-electron chi connectivity index (χ2n) is 9.16. The summed E-state index contributed by atoms with van der Waals surface area (Å²) in [6, 6.07) is 14.6. The highest BCUT2D eigenvalue weighted by molar-refractivity contribution is 5.46. The first-order valence-electron chi connectivity index (χ1n) is 10.2. The summed E-state index contributed by atoms with van der Waals surface area (Å²) >= 11 is 0. The number of nitrogens with two attached hydrogens (primary N) is 1. The van der Waals surface area contributed by atoms with Crippen molar-refractivity contribution in [3.8, 4) is 5.75 Å². The van der Waals surface area contributed by atoms with Crippen molar-refractivity contribution < 1.29 is 4.74 Å². The van der Waals surface area contributed by atoms with Crippen molar-refractivity contribution in [2.45, 2.75) is 73.0 Å². The summed E-state index contributed by atoms with van der Waals surface area (Å²) in [7, 11) is 0. The minimum Gasteiger partial charge on any atom is -0.486 e. The van der Waals surface area contributed by atoms with Crippen molar-refractivity contribution in [3.05, 3.63) is 64.7 Å². The Hall–Kier alpha value is -1.80. The van der Waals surface area contributed by atoms with Gasteiger partial charge in [-0.15, -0.1) is 0 Å². The van der Waals surface area contributed by atoms with Gasteiger partial charge < -0.3 is 10.5 Å². The second kappa shape index (κ2) is 8.93. The first kappa shape index (κ1) is 21.5. The molecule has 2 aromatic carbocycles. The molecule has 2 N–H and O–H groups in total. The summed E-state index contributed by atoms with van der Waals surface area (Å²) < 4.78 is 6.36. The highest BCUT2D eigenvalue weighted by Gasteiger charge is 2.27. The molecule has 2 aromatic rings. The number of hydrogen-bond acceptors (Lipinski definition) is 2. The van der Waals surface area contributed by atoms with Crippen molar-refractivity contribution in [1.82, 2.24) is 0 Å². The van der Waals surface area contributed by atoms with Crippen LogP contribution in [0.25, 0.3) is 0 Å². The number of hydrogen-bond donors (Lipinski definition) is 1. The predicted octanol–water partition coefficient (Wildman–Crippen LogP) is 6.42. The van der Waals surface area contributed by atoms with E-state index < -0.39 is 5.54 Å². The largest absolute Gasteiger partial charge is 0.486 e. The molecule has 0 aliphatic rings. The molecule has 1 unspecified atom stereocenters. The Labute approximate surface area is 166 Å². The fraction of sp³-hybridized carbons (Fsp3) is 0.520. The van der Waals surface area contributed by atoms with E-state index in [0.717, 1.165) is 18.6 Å². The van der Waals surface area contributed by atoms with Crippen molar-refractivity contribution in [3.63, 3.8) is 0 Å². The standard InChI is InChI=1S/C25H37NO/c1-17(2)15-20-13-14-23(25(6,7)26)24(22(20)16-18(3)4)19(5)27-21-11-9-8-10-12-21/h8-14,17-19H,15-16,26H2,1-7H3. The minimum atomic E-state index is -0.411. The average Bonchev–Trinajstić information content (AvgIpc) is 2.55. The van der Waals surface area contributed by atoms with Crippen LogP contribution in [0.5, 0.6) is 5.75 Å². The predicted molar refractivity (Wildman–Crippen MR) is 116 cm³/mol. The molecular weight excluding hydrogens is 330 g/mol. The van der Waals surface area contributed by atoms with Crippen molar-refractivity contribution in [1.29, 1.82) is 0 Å². The summed E-state index contributed by atoms with van der Waals surface area (Å²) in [6.45, 7) is 15.5. The van der Waals surface area contributed by atoms with Crippen molar-refractivity contribution >= 4 is 0 Å². The summed E-state index contributed by atoms with van der Waals surface area (Å²) in [4.78, 5) is 0. The summed E-state index contributed by atoms with van der Waals surface area (Å²) in [5.41, 5.74) is 11.5. The van der Waals surface area contributed by atoms with E-state index in [4.69, 9.17) is 10.5 Å². The number of para-hydroxylation sites is 1. The third-order valence-electron chi connectivity index (χ3n) is 4.85. The maximum atomic E-state index is 6.58. The Balaban J connectivity index is 2.60. The molecule has 0 saturated carbocycles. The number of ether oxygens (including phenoxy) is 1. The maximum absolute atomic E-state index is 6.58. The highest BCUT2D eigenvalue weighted by atomic mass is 16.5. The lowest BCUT2D eigenvalue weighted by Crippen LogP contribution is -2.32. The van der Waals surface area contributed by atoms with E-state index >= 15 is 0 Å². The Bertz CT molecular complexity index is 726. The molecule has 0 fully saturated rings. The van der Waals surface area contributed by atoms with Crippen molar-refractivity contribution in [2.24, 2.45) is 17.6 Å². The van der Waals surface area contributed by atoms with Gasteiger partial charge in [-0.25, -0.2) is 0 Å². The number of benzene rings is 2. The smallest absolute Gasteiger partial charge is 0.122 e. The topological polar surface area (TPSA) is 35.2 Å². The van der Waals surface area contributed by atoms with Gasteiger partial charge in [0.2, 0.25) is 0 Å². The van der Waals surface area contributed by atoms with Crippen LogP contribution in [0.2, 0.25) is 0 Å². The van der Waals surface area contributed by atoms with Gasteiger partial charge >= 0.3 is 0 Å². The average molecular weight is 368 g/mol. The van der Waals surface area contributed by atoms with E-state index in [1.807, 2.05) is 30.3 Å². The van der Waals surface area contributed by atoms with Crippen molar-refractivity contribution in [2.75, 3.05) is 0 Å².